The topological polar surface area (TPSA) is 55.4 Å². The summed E-state index contributed by atoms with van der Waals surface area (Å²) in [6.07, 6.45) is -4.06. The lowest BCUT2D eigenvalue weighted by atomic mass is 10.1. The van der Waals surface area contributed by atoms with E-state index in [2.05, 4.69) is 5.32 Å². The minimum atomic E-state index is -4.73. The summed E-state index contributed by atoms with van der Waals surface area (Å²) in [4.78, 5) is 23.1. The number of aryl methyl sites for hydroxylation is 1. The number of hydrogen-bond acceptors (Lipinski definition) is 3. The molecule has 0 unspecified atom stereocenters. The molecule has 0 spiro atoms. The van der Waals surface area contributed by atoms with Crippen LogP contribution in [0.15, 0.2) is 30.3 Å². The van der Waals surface area contributed by atoms with Gasteiger partial charge in [0, 0.05) is 16.8 Å². The number of benzene rings is 2. The zero-order valence-electron chi connectivity index (χ0n) is 13.9. The van der Waals surface area contributed by atoms with Crippen LogP contribution in [0.25, 0.3) is 0 Å². The highest BCUT2D eigenvalue weighted by Crippen LogP contribution is 2.41. The maximum Gasteiger partial charge on any atom is 0.420 e. The number of halogens is 4. The first-order valence-electron chi connectivity index (χ1n) is 7.58. The van der Waals surface area contributed by atoms with Crippen molar-refractivity contribution in [2.75, 3.05) is 11.9 Å². The number of aldehydes is 1. The Balaban J connectivity index is 2.38. The number of alkyl halides is 3. The molecule has 26 heavy (non-hydrogen) atoms. The van der Waals surface area contributed by atoms with Gasteiger partial charge in [-0.1, -0.05) is 11.6 Å². The molecule has 8 heteroatoms. The van der Waals surface area contributed by atoms with E-state index in [1.54, 1.807) is 13.0 Å². The average Bonchev–Trinajstić information content (AvgIpc) is 2.55. The van der Waals surface area contributed by atoms with Crippen molar-refractivity contribution in [3.63, 3.8) is 0 Å². The van der Waals surface area contributed by atoms with Crippen LogP contribution in [-0.2, 0) is 6.18 Å². The summed E-state index contributed by atoms with van der Waals surface area (Å²) in [6, 6.07) is 6.34. The van der Waals surface area contributed by atoms with Crippen molar-refractivity contribution in [2.45, 2.75) is 20.0 Å². The van der Waals surface area contributed by atoms with Crippen LogP contribution in [-0.4, -0.2) is 18.8 Å². The lowest BCUT2D eigenvalue weighted by Crippen LogP contribution is -2.16. The number of rotatable bonds is 5. The normalized spacial score (nSPS) is 11.2. The predicted molar refractivity (Wildman–Crippen MR) is 92.1 cm³/mol. The smallest absolute Gasteiger partial charge is 0.420 e. The lowest BCUT2D eigenvalue weighted by molar-refractivity contribution is -0.138. The summed E-state index contributed by atoms with van der Waals surface area (Å²) >= 11 is 5.89. The van der Waals surface area contributed by atoms with Crippen LogP contribution in [0, 0.1) is 6.92 Å². The number of nitrogens with one attached hydrogen (secondary N) is 1. The number of amides is 1. The van der Waals surface area contributed by atoms with Gasteiger partial charge in [0.1, 0.15) is 12.0 Å². The molecule has 0 fully saturated rings. The molecule has 0 aliphatic rings. The Kier molecular flexibility index (Phi) is 5.92. The maximum atomic E-state index is 13.3. The van der Waals surface area contributed by atoms with Gasteiger partial charge < -0.3 is 10.1 Å². The number of carbonyl (C=O) groups is 2. The van der Waals surface area contributed by atoms with Gasteiger partial charge in [0.25, 0.3) is 5.91 Å². The van der Waals surface area contributed by atoms with Gasteiger partial charge >= 0.3 is 6.18 Å². The monoisotopic (exact) mass is 385 g/mol. The van der Waals surface area contributed by atoms with E-state index in [1.165, 1.54) is 19.1 Å². The van der Waals surface area contributed by atoms with E-state index >= 15 is 0 Å². The van der Waals surface area contributed by atoms with Gasteiger partial charge in [-0.2, -0.15) is 13.2 Å². The lowest BCUT2D eigenvalue weighted by Gasteiger charge is -2.16. The molecule has 2 rings (SSSR count). The fourth-order valence-corrected chi connectivity index (χ4v) is 2.59. The van der Waals surface area contributed by atoms with Crippen LogP contribution < -0.4 is 10.1 Å². The Hall–Kier alpha value is -2.54. The Morgan fingerprint density at radius 3 is 2.50 bits per heavy atom. The second kappa shape index (κ2) is 7.78. The number of hydrogen-bond donors (Lipinski definition) is 1. The van der Waals surface area contributed by atoms with Crippen molar-refractivity contribution < 1.29 is 27.5 Å². The third kappa shape index (κ3) is 4.35. The summed E-state index contributed by atoms with van der Waals surface area (Å²) < 4.78 is 44.7. The molecular weight excluding hydrogens is 371 g/mol. The van der Waals surface area contributed by atoms with Gasteiger partial charge in [-0.05, 0) is 49.7 Å². The van der Waals surface area contributed by atoms with Crippen LogP contribution in [0.1, 0.15) is 38.8 Å². The maximum absolute atomic E-state index is 13.3. The van der Waals surface area contributed by atoms with Crippen molar-refractivity contribution in [2.24, 2.45) is 0 Å². The van der Waals surface area contributed by atoms with E-state index in [1.807, 2.05) is 0 Å². The van der Waals surface area contributed by atoms with Crippen molar-refractivity contribution in [1.29, 1.82) is 0 Å². The van der Waals surface area contributed by atoms with Crippen molar-refractivity contribution >= 4 is 29.5 Å². The minimum Gasteiger partial charge on any atom is -0.492 e. The summed E-state index contributed by atoms with van der Waals surface area (Å²) in [5, 5.41) is 2.18. The van der Waals surface area contributed by atoms with Gasteiger partial charge in [-0.3, -0.25) is 9.59 Å². The van der Waals surface area contributed by atoms with Crippen LogP contribution >= 0.6 is 11.6 Å². The molecule has 0 aliphatic heterocycles. The quantitative estimate of drug-likeness (QED) is 0.726. The number of anilines is 1. The van der Waals surface area contributed by atoms with Crippen molar-refractivity contribution in [3.8, 4) is 5.75 Å². The van der Waals surface area contributed by atoms with Gasteiger partial charge in [0.05, 0.1) is 17.2 Å². The molecule has 0 aromatic heterocycles. The van der Waals surface area contributed by atoms with Crippen LogP contribution in [0.2, 0.25) is 5.02 Å². The summed E-state index contributed by atoms with van der Waals surface area (Å²) in [7, 11) is 0. The summed E-state index contributed by atoms with van der Waals surface area (Å²) in [5.41, 5.74) is 0.0361. The highest BCUT2D eigenvalue weighted by molar-refractivity contribution is 6.32. The largest absolute Gasteiger partial charge is 0.492 e. The van der Waals surface area contributed by atoms with Gasteiger partial charge in [-0.25, -0.2) is 0 Å². The van der Waals surface area contributed by atoms with Gasteiger partial charge in [-0.15, -0.1) is 0 Å². The van der Waals surface area contributed by atoms with Gasteiger partial charge in [0.15, 0.2) is 0 Å². The number of carbonyl (C=O) groups excluding carboxylic acids is 2. The molecule has 0 aliphatic carbocycles. The second-order valence-electron chi connectivity index (χ2n) is 5.41. The first-order valence-corrected chi connectivity index (χ1v) is 7.96. The molecule has 4 nitrogen and oxygen atoms in total. The average molecular weight is 386 g/mol. The van der Waals surface area contributed by atoms with E-state index in [4.69, 9.17) is 16.3 Å². The van der Waals surface area contributed by atoms with Crippen LogP contribution in [0.5, 0.6) is 5.75 Å². The molecule has 0 radical (unpaired) electrons. The van der Waals surface area contributed by atoms with E-state index in [0.29, 0.717) is 29.2 Å². The highest BCUT2D eigenvalue weighted by atomic mass is 35.5. The van der Waals surface area contributed by atoms with E-state index in [-0.39, 0.29) is 17.2 Å². The molecule has 0 bridgehead atoms. The first kappa shape index (κ1) is 19.8. The van der Waals surface area contributed by atoms with E-state index in [9.17, 15) is 22.8 Å². The molecule has 0 atom stereocenters. The summed E-state index contributed by atoms with van der Waals surface area (Å²) in [5.74, 6) is -1.27. The second-order valence-corrected chi connectivity index (χ2v) is 5.82. The molecular formula is C18H15ClF3NO3. The predicted octanol–water partition coefficient (Wildman–Crippen LogP) is 5.13. The fraction of sp³-hybridized carbons (Fsp3) is 0.222. The Morgan fingerprint density at radius 2 is 1.96 bits per heavy atom. The standard InChI is InChI=1S/C18H15ClF3NO3/c1-3-26-16-14(18(20,21)22)7-12(8-15(16)19)17(25)23-13-5-4-11(9-24)10(2)6-13/h4-9H,3H2,1-2H3,(H,23,25). The molecule has 0 heterocycles. The minimum absolute atomic E-state index is 0.00327. The molecule has 1 N–H and O–H groups in total. The van der Waals surface area contributed by atoms with Crippen LogP contribution in [0.3, 0.4) is 0 Å². The zero-order chi connectivity index (χ0) is 19.5. The Bertz CT molecular complexity index is 850. The fourth-order valence-electron chi connectivity index (χ4n) is 2.32. The Morgan fingerprint density at radius 1 is 1.27 bits per heavy atom. The first-order chi connectivity index (χ1) is 12.2. The van der Waals surface area contributed by atoms with E-state index < -0.39 is 23.4 Å². The Labute approximate surface area is 152 Å². The highest BCUT2D eigenvalue weighted by Gasteiger charge is 2.36. The summed E-state index contributed by atoms with van der Waals surface area (Å²) in [6.45, 7) is 3.20. The van der Waals surface area contributed by atoms with Crippen molar-refractivity contribution in [1.82, 2.24) is 0 Å². The molecule has 2 aromatic carbocycles. The molecule has 2 aromatic rings. The molecule has 138 valence electrons. The third-order valence-corrected chi connectivity index (χ3v) is 3.84. The van der Waals surface area contributed by atoms with Gasteiger partial charge in [0.2, 0.25) is 0 Å². The third-order valence-electron chi connectivity index (χ3n) is 3.55. The SMILES string of the molecule is CCOc1c(Cl)cc(C(=O)Nc2ccc(C=O)c(C)c2)cc1C(F)(F)F. The molecule has 0 saturated heterocycles. The van der Waals surface area contributed by atoms with E-state index in [0.717, 1.165) is 6.07 Å². The van der Waals surface area contributed by atoms with Crippen molar-refractivity contribution in [3.05, 3.63) is 57.6 Å². The molecule has 1 amide bonds. The van der Waals surface area contributed by atoms with Crippen LogP contribution in [0.4, 0.5) is 18.9 Å². The zero-order valence-corrected chi connectivity index (χ0v) is 14.7. The molecule has 0 saturated carbocycles. The number of ether oxygens (including phenoxy) is 1.